The summed E-state index contributed by atoms with van der Waals surface area (Å²) >= 11 is 0. The van der Waals surface area contributed by atoms with Gasteiger partial charge in [-0.1, -0.05) is 19.3 Å². The summed E-state index contributed by atoms with van der Waals surface area (Å²) in [6.45, 7) is 1.09. The lowest BCUT2D eigenvalue weighted by molar-refractivity contribution is 0.434. The van der Waals surface area contributed by atoms with Crippen molar-refractivity contribution in [2.24, 2.45) is 0 Å². The number of hydrogen-bond donors (Lipinski definition) is 2. The van der Waals surface area contributed by atoms with Crippen molar-refractivity contribution in [1.82, 2.24) is 15.5 Å². The quantitative estimate of drug-likeness (QED) is 0.750. The fourth-order valence-electron chi connectivity index (χ4n) is 2.72. The monoisotopic (exact) mass is 221 g/mol. The molecule has 1 aromatic heterocycles. The second kappa shape index (κ2) is 6.04. The van der Waals surface area contributed by atoms with Gasteiger partial charge in [-0.05, 0) is 44.8 Å². The number of aryl methyl sites for hydroxylation is 1. The number of rotatable bonds is 5. The summed E-state index contributed by atoms with van der Waals surface area (Å²) in [6.07, 6.45) is 11.3. The van der Waals surface area contributed by atoms with Crippen molar-refractivity contribution in [3.05, 3.63) is 17.5 Å². The first-order valence-electron chi connectivity index (χ1n) is 6.58. The van der Waals surface area contributed by atoms with Gasteiger partial charge in [-0.15, -0.1) is 0 Å². The Kier molecular flexibility index (Phi) is 4.40. The molecular weight excluding hydrogens is 198 g/mol. The summed E-state index contributed by atoms with van der Waals surface area (Å²) in [5.41, 5.74) is 2.87. The SMILES string of the molecule is CNCCCc1cn[nH]c1C1CCCCC1. The predicted octanol–water partition coefficient (Wildman–Crippen LogP) is 2.61. The van der Waals surface area contributed by atoms with Crippen LogP contribution in [-0.4, -0.2) is 23.8 Å². The second-order valence-corrected chi connectivity index (χ2v) is 4.85. The van der Waals surface area contributed by atoms with E-state index in [-0.39, 0.29) is 0 Å². The summed E-state index contributed by atoms with van der Waals surface area (Å²) in [5, 5.41) is 10.7. The average molecular weight is 221 g/mol. The molecule has 1 aromatic rings. The lowest BCUT2D eigenvalue weighted by Crippen LogP contribution is -2.10. The number of H-pyrrole nitrogens is 1. The van der Waals surface area contributed by atoms with Crippen molar-refractivity contribution >= 4 is 0 Å². The maximum Gasteiger partial charge on any atom is 0.0522 e. The molecular formula is C13H23N3. The Bertz CT molecular complexity index is 300. The van der Waals surface area contributed by atoms with Crippen molar-refractivity contribution in [2.45, 2.75) is 50.9 Å². The largest absolute Gasteiger partial charge is 0.320 e. The third-order valence-electron chi connectivity index (χ3n) is 3.64. The van der Waals surface area contributed by atoms with Gasteiger partial charge in [0.1, 0.15) is 0 Å². The minimum Gasteiger partial charge on any atom is -0.320 e. The van der Waals surface area contributed by atoms with Gasteiger partial charge in [0.05, 0.1) is 6.20 Å². The van der Waals surface area contributed by atoms with Gasteiger partial charge in [0.15, 0.2) is 0 Å². The van der Waals surface area contributed by atoms with Crippen LogP contribution in [0.1, 0.15) is 55.7 Å². The Morgan fingerprint density at radius 1 is 1.38 bits per heavy atom. The van der Waals surface area contributed by atoms with Gasteiger partial charge in [-0.25, -0.2) is 0 Å². The van der Waals surface area contributed by atoms with Crippen molar-refractivity contribution in [3.8, 4) is 0 Å². The first kappa shape index (κ1) is 11.6. The molecule has 3 heteroatoms. The Hall–Kier alpha value is -0.830. The van der Waals surface area contributed by atoms with Gasteiger partial charge in [0.2, 0.25) is 0 Å². The molecule has 1 saturated carbocycles. The summed E-state index contributed by atoms with van der Waals surface area (Å²) in [6, 6.07) is 0. The number of hydrogen-bond acceptors (Lipinski definition) is 2. The zero-order valence-electron chi connectivity index (χ0n) is 10.3. The maximum absolute atomic E-state index is 4.23. The van der Waals surface area contributed by atoms with Crippen molar-refractivity contribution < 1.29 is 0 Å². The lowest BCUT2D eigenvalue weighted by atomic mass is 9.85. The zero-order valence-corrected chi connectivity index (χ0v) is 10.3. The molecule has 0 bridgehead atoms. The smallest absolute Gasteiger partial charge is 0.0522 e. The van der Waals surface area contributed by atoms with Crippen LogP contribution in [0.2, 0.25) is 0 Å². The highest BCUT2D eigenvalue weighted by atomic mass is 15.1. The molecule has 0 aromatic carbocycles. The van der Waals surface area contributed by atoms with Crippen molar-refractivity contribution in [1.29, 1.82) is 0 Å². The average Bonchev–Trinajstić information content (AvgIpc) is 2.79. The van der Waals surface area contributed by atoms with E-state index in [1.807, 2.05) is 13.2 Å². The maximum atomic E-state index is 4.23. The molecule has 1 aliphatic rings. The van der Waals surface area contributed by atoms with Gasteiger partial charge in [-0.3, -0.25) is 5.10 Å². The van der Waals surface area contributed by atoms with Crippen molar-refractivity contribution in [3.63, 3.8) is 0 Å². The third kappa shape index (κ3) is 2.85. The molecule has 2 N–H and O–H groups in total. The predicted molar refractivity (Wildman–Crippen MR) is 66.7 cm³/mol. The number of aromatic nitrogens is 2. The van der Waals surface area contributed by atoms with E-state index in [0.29, 0.717) is 0 Å². The summed E-state index contributed by atoms with van der Waals surface area (Å²) in [5.74, 6) is 0.751. The van der Waals surface area contributed by atoms with Gasteiger partial charge in [0.25, 0.3) is 0 Å². The van der Waals surface area contributed by atoms with Crippen LogP contribution in [0.4, 0.5) is 0 Å². The molecule has 0 unspecified atom stereocenters. The Balaban J connectivity index is 1.94. The van der Waals surface area contributed by atoms with E-state index in [1.165, 1.54) is 49.8 Å². The molecule has 0 aliphatic heterocycles. The zero-order chi connectivity index (χ0) is 11.2. The molecule has 0 atom stereocenters. The van der Waals surface area contributed by atoms with E-state index in [2.05, 4.69) is 15.5 Å². The highest BCUT2D eigenvalue weighted by molar-refractivity contribution is 5.21. The van der Waals surface area contributed by atoms with Gasteiger partial charge < -0.3 is 5.32 Å². The topological polar surface area (TPSA) is 40.7 Å². The standard InChI is InChI=1S/C13H23N3/c1-14-9-5-8-12-10-15-16-13(12)11-6-3-2-4-7-11/h10-11,14H,2-9H2,1H3,(H,15,16). The fraction of sp³-hybridized carbons (Fsp3) is 0.769. The van der Waals surface area contributed by atoms with Crippen LogP contribution in [0.5, 0.6) is 0 Å². The highest BCUT2D eigenvalue weighted by Gasteiger charge is 2.19. The summed E-state index contributed by atoms with van der Waals surface area (Å²) in [7, 11) is 2.01. The van der Waals surface area contributed by atoms with Crippen LogP contribution >= 0.6 is 0 Å². The van der Waals surface area contributed by atoms with Crippen LogP contribution in [0.25, 0.3) is 0 Å². The first-order chi connectivity index (χ1) is 7.92. The Morgan fingerprint density at radius 2 is 2.19 bits per heavy atom. The molecule has 1 heterocycles. The van der Waals surface area contributed by atoms with Gasteiger partial charge in [-0.2, -0.15) is 5.10 Å². The van der Waals surface area contributed by atoms with E-state index < -0.39 is 0 Å². The van der Waals surface area contributed by atoms with Crippen LogP contribution in [0, 0.1) is 0 Å². The molecule has 90 valence electrons. The highest BCUT2D eigenvalue weighted by Crippen LogP contribution is 2.33. The third-order valence-corrected chi connectivity index (χ3v) is 3.64. The van der Waals surface area contributed by atoms with Gasteiger partial charge >= 0.3 is 0 Å². The molecule has 3 nitrogen and oxygen atoms in total. The van der Waals surface area contributed by atoms with Crippen LogP contribution in [0.15, 0.2) is 6.20 Å². The van der Waals surface area contributed by atoms with Crippen molar-refractivity contribution in [2.75, 3.05) is 13.6 Å². The molecule has 0 saturated heterocycles. The lowest BCUT2D eigenvalue weighted by Gasteiger charge is -2.21. The molecule has 0 radical (unpaired) electrons. The molecule has 0 amide bonds. The molecule has 0 spiro atoms. The van der Waals surface area contributed by atoms with Crippen LogP contribution < -0.4 is 5.32 Å². The minimum atomic E-state index is 0.751. The number of aromatic amines is 1. The molecule has 2 rings (SSSR count). The fourth-order valence-corrected chi connectivity index (χ4v) is 2.72. The summed E-state index contributed by atoms with van der Waals surface area (Å²) < 4.78 is 0. The van der Waals surface area contributed by atoms with E-state index in [1.54, 1.807) is 0 Å². The van der Waals surface area contributed by atoms with Gasteiger partial charge in [0, 0.05) is 11.6 Å². The summed E-state index contributed by atoms with van der Waals surface area (Å²) in [4.78, 5) is 0. The minimum absolute atomic E-state index is 0.751. The number of nitrogens with one attached hydrogen (secondary N) is 2. The van der Waals surface area contributed by atoms with Crippen LogP contribution in [0.3, 0.4) is 0 Å². The van der Waals surface area contributed by atoms with E-state index in [4.69, 9.17) is 0 Å². The molecule has 1 aliphatic carbocycles. The number of nitrogens with zero attached hydrogens (tertiary/aromatic N) is 1. The molecule has 16 heavy (non-hydrogen) atoms. The Labute approximate surface area is 98.0 Å². The second-order valence-electron chi connectivity index (χ2n) is 4.85. The Morgan fingerprint density at radius 3 is 2.94 bits per heavy atom. The normalized spacial score (nSPS) is 17.8. The van der Waals surface area contributed by atoms with E-state index in [0.717, 1.165) is 18.9 Å². The van der Waals surface area contributed by atoms with Crippen LogP contribution in [-0.2, 0) is 6.42 Å². The van der Waals surface area contributed by atoms with E-state index in [9.17, 15) is 0 Å². The van der Waals surface area contributed by atoms with E-state index >= 15 is 0 Å². The molecule has 1 fully saturated rings. The first-order valence-corrected chi connectivity index (χ1v) is 6.58.